The maximum Gasteiger partial charge on any atom is 0.318 e. The fourth-order valence-electron chi connectivity index (χ4n) is 5.73. The smallest absolute Gasteiger partial charge is 0.318 e. The first kappa shape index (κ1) is 30.7. The van der Waals surface area contributed by atoms with E-state index in [1.165, 1.54) is 4.90 Å². The molecule has 10 heteroatoms. The van der Waals surface area contributed by atoms with Gasteiger partial charge >= 0.3 is 6.01 Å². The molecule has 8 nitrogen and oxygen atoms in total. The molecule has 41 heavy (non-hydrogen) atoms. The van der Waals surface area contributed by atoms with E-state index in [4.69, 9.17) is 26.3 Å². The van der Waals surface area contributed by atoms with Gasteiger partial charge in [0, 0.05) is 36.3 Å². The topological polar surface area (TPSA) is 94.4 Å². The standard InChI is InChI=1S/C31H40ClFN6O2/c1-4-8-26-28(21(2)12-13-23-9-5-6-11-27(23)32)36-31(41-20-24-10-7-16-35-24)37-29(26)38-17-18-39(30(40)22(3)33)25(19-38)14-15-34/h5-6,9,11,21,24-25,35H,3-4,7-8,10,12-14,16-20H2,1-2H3/t21-,24?,25?/m1/s1. The number of amides is 1. The van der Waals surface area contributed by atoms with Crippen LogP contribution in [0.4, 0.5) is 10.2 Å². The lowest BCUT2D eigenvalue weighted by Gasteiger charge is -2.41. The number of piperazine rings is 1. The summed E-state index contributed by atoms with van der Waals surface area (Å²) in [5.74, 6) is -0.900. The third-order valence-corrected chi connectivity index (χ3v) is 8.31. The Labute approximate surface area is 247 Å². The van der Waals surface area contributed by atoms with Gasteiger partial charge in [-0.2, -0.15) is 15.2 Å². The first-order valence-corrected chi connectivity index (χ1v) is 15.0. The minimum Gasteiger partial charge on any atom is -0.462 e. The normalized spacial score (nSPS) is 19.6. The molecule has 220 valence electrons. The Morgan fingerprint density at radius 2 is 2.12 bits per heavy atom. The lowest BCUT2D eigenvalue weighted by molar-refractivity contribution is -0.131. The number of ether oxygens (including phenoxy) is 1. The Bertz CT molecular complexity index is 1260. The molecule has 2 fully saturated rings. The van der Waals surface area contributed by atoms with Gasteiger partial charge in [-0.25, -0.2) is 4.39 Å². The van der Waals surface area contributed by atoms with E-state index in [0.717, 1.165) is 72.7 Å². The van der Waals surface area contributed by atoms with Crippen molar-refractivity contribution in [2.45, 2.75) is 76.8 Å². The van der Waals surface area contributed by atoms with Gasteiger partial charge in [-0.3, -0.25) is 4.79 Å². The van der Waals surface area contributed by atoms with Crippen LogP contribution in [0.15, 0.2) is 36.7 Å². The Morgan fingerprint density at radius 3 is 2.80 bits per heavy atom. The fourth-order valence-corrected chi connectivity index (χ4v) is 5.96. The van der Waals surface area contributed by atoms with Crippen LogP contribution < -0.4 is 15.0 Å². The maximum absolute atomic E-state index is 13.8. The van der Waals surface area contributed by atoms with Gasteiger partial charge in [-0.15, -0.1) is 0 Å². The molecule has 2 aliphatic rings. The molecule has 2 saturated heterocycles. The summed E-state index contributed by atoms with van der Waals surface area (Å²) >= 11 is 6.45. The van der Waals surface area contributed by atoms with E-state index in [9.17, 15) is 14.4 Å². The molecule has 2 aromatic rings. The monoisotopic (exact) mass is 582 g/mol. The van der Waals surface area contributed by atoms with Crippen molar-refractivity contribution in [2.24, 2.45) is 0 Å². The second-order valence-electron chi connectivity index (χ2n) is 10.9. The highest BCUT2D eigenvalue weighted by Gasteiger charge is 2.34. The van der Waals surface area contributed by atoms with Crippen LogP contribution in [0.1, 0.15) is 68.7 Å². The van der Waals surface area contributed by atoms with E-state index in [0.29, 0.717) is 25.7 Å². The number of nitriles is 1. The van der Waals surface area contributed by atoms with Crippen LogP contribution in [0, 0.1) is 11.3 Å². The van der Waals surface area contributed by atoms with Crippen molar-refractivity contribution in [1.82, 2.24) is 20.2 Å². The molecule has 2 unspecified atom stereocenters. The molecular weight excluding hydrogens is 543 g/mol. The van der Waals surface area contributed by atoms with E-state index in [1.54, 1.807) is 0 Å². The van der Waals surface area contributed by atoms with Crippen molar-refractivity contribution >= 4 is 23.3 Å². The lowest BCUT2D eigenvalue weighted by atomic mass is 9.93. The number of carbonyl (C=O) groups excluding carboxylic acids is 1. The van der Waals surface area contributed by atoms with Crippen LogP contribution in [0.3, 0.4) is 0 Å². The third-order valence-electron chi connectivity index (χ3n) is 7.95. The van der Waals surface area contributed by atoms with Crippen LogP contribution in [0.2, 0.25) is 5.02 Å². The lowest BCUT2D eigenvalue weighted by Crippen LogP contribution is -2.55. The first-order chi connectivity index (χ1) is 19.8. The van der Waals surface area contributed by atoms with E-state index in [2.05, 4.69) is 42.8 Å². The molecule has 4 rings (SSSR count). The maximum atomic E-state index is 13.8. The molecule has 0 bridgehead atoms. The highest BCUT2D eigenvalue weighted by Crippen LogP contribution is 2.34. The number of benzene rings is 1. The molecule has 1 N–H and O–H groups in total. The molecule has 0 spiro atoms. The van der Waals surface area contributed by atoms with Crippen molar-refractivity contribution in [3.8, 4) is 12.1 Å². The minimum absolute atomic E-state index is 0.0848. The van der Waals surface area contributed by atoms with Crippen molar-refractivity contribution in [2.75, 3.05) is 37.7 Å². The van der Waals surface area contributed by atoms with Gasteiger partial charge in [-0.1, -0.05) is 56.6 Å². The average Bonchev–Trinajstić information content (AvgIpc) is 3.49. The van der Waals surface area contributed by atoms with Gasteiger partial charge in [0.2, 0.25) is 0 Å². The van der Waals surface area contributed by atoms with Gasteiger partial charge in [0.15, 0.2) is 5.83 Å². The summed E-state index contributed by atoms with van der Waals surface area (Å²) in [4.78, 5) is 25.9. The number of halogens is 2. The molecule has 1 aromatic carbocycles. The molecule has 1 aromatic heterocycles. The number of hydrogen-bond acceptors (Lipinski definition) is 7. The molecule has 3 atom stereocenters. The molecule has 0 radical (unpaired) electrons. The van der Waals surface area contributed by atoms with Crippen molar-refractivity contribution in [1.29, 1.82) is 5.26 Å². The van der Waals surface area contributed by atoms with E-state index in [-0.39, 0.29) is 24.9 Å². The Hall–Kier alpha value is -3.22. The zero-order chi connectivity index (χ0) is 29.4. The molecule has 1 amide bonds. The summed E-state index contributed by atoms with van der Waals surface area (Å²) in [6.45, 7) is 10.0. The van der Waals surface area contributed by atoms with E-state index in [1.807, 2.05) is 18.2 Å². The average molecular weight is 583 g/mol. The fraction of sp³-hybridized carbons (Fsp3) is 0.548. The predicted molar refractivity (Wildman–Crippen MR) is 159 cm³/mol. The predicted octanol–water partition coefficient (Wildman–Crippen LogP) is 5.36. The molecular formula is C31H40ClFN6O2. The number of hydrogen-bond donors (Lipinski definition) is 1. The number of rotatable bonds is 12. The quantitative estimate of drug-likeness (QED) is 0.336. The van der Waals surface area contributed by atoms with Crippen LogP contribution in [-0.4, -0.2) is 65.6 Å². The van der Waals surface area contributed by atoms with Gasteiger partial charge < -0.3 is 19.9 Å². The Balaban J connectivity index is 1.66. The summed E-state index contributed by atoms with van der Waals surface area (Å²) < 4.78 is 20.0. The summed E-state index contributed by atoms with van der Waals surface area (Å²) in [5, 5.41) is 13.7. The number of nitrogens with one attached hydrogen (secondary N) is 1. The minimum atomic E-state index is -1.01. The number of anilines is 1. The highest BCUT2D eigenvalue weighted by molar-refractivity contribution is 6.31. The third kappa shape index (κ3) is 7.75. The summed E-state index contributed by atoms with van der Waals surface area (Å²) in [6, 6.07) is 10.2. The summed E-state index contributed by atoms with van der Waals surface area (Å²) in [7, 11) is 0. The molecule has 0 saturated carbocycles. The SMILES string of the molecule is C=C(F)C(=O)N1CCN(c2nc(OCC3CCCN3)nc([C@H](C)CCc3ccccc3Cl)c2CCC)CC1CC#N. The van der Waals surface area contributed by atoms with Crippen molar-refractivity contribution in [3.05, 3.63) is 58.5 Å². The van der Waals surface area contributed by atoms with Crippen LogP contribution >= 0.6 is 11.6 Å². The number of aromatic nitrogens is 2. The largest absolute Gasteiger partial charge is 0.462 e. The van der Waals surface area contributed by atoms with E-state index < -0.39 is 17.8 Å². The zero-order valence-electron chi connectivity index (χ0n) is 24.0. The molecule has 3 heterocycles. The van der Waals surface area contributed by atoms with Gasteiger partial charge in [0.25, 0.3) is 5.91 Å². The molecule has 0 aliphatic carbocycles. The molecule has 2 aliphatic heterocycles. The summed E-state index contributed by atoms with van der Waals surface area (Å²) in [6.07, 6.45) is 5.58. The second-order valence-corrected chi connectivity index (χ2v) is 11.4. The van der Waals surface area contributed by atoms with Crippen LogP contribution in [0.5, 0.6) is 6.01 Å². The number of carbonyl (C=O) groups is 1. The Morgan fingerprint density at radius 1 is 1.32 bits per heavy atom. The first-order valence-electron chi connectivity index (χ1n) is 14.6. The van der Waals surface area contributed by atoms with Gasteiger partial charge in [0.05, 0.1) is 24.2 Å². The van der Waals surface area contributed by atoms with E-state index >= 15 is 0 Å². The van der Waals surface area contributed by atoms with Crippen molar-refractivity contribution < 1.29 is 13.9 Å². The number of nitrogens with zero attached hydrogens (tertiary/aromatic N) is 5. The van der Waals surface area contributed by atoms with Gasteiger partial charge in [0.1, 0.15) is 12.4 Å². The Kier molecular flexibility index (Phi) is 10.9. The highest BCUT2D eigenvalue weighted by atomic mass is 35.5. The van der Waals surface area contributed by atoms with Gasteiger partial charge in [-0.05, 0) is 56.2 Å². The zero-order valence-corrected chi connectivity index (χ0v) is 24.8. The van der Waals surface area contributed by atoms with Crippen LogP contribution in [0.25, 0.3) is 0 Å². The van der Waals surface area contributed by atoms with Crippen molar-refractivity contribution in [3.63, 3.8) is 0 Å². The summed E-state index contributed by atoms with van der Waals surface area (Å²) in [5.41, 5.74) is 3.10. The second kappa shape index (κ2) is 14.6. The van der Waals surface area contributed by atoms with Crippen LogP contribution in [-0.2, 0) is 17.6 Å². The number of aryl methyl sites for hydroxylation is 1.